The Balaban J connectivity index is 0.890. The molecule has 384 valence electrons. The number of thiocarbonyl (C=S) groups is 1. The van der Waals surface area contributed by atoms with Gasteiger partial charge in [-0.05, 0) is 103 Å². The average molecular weight is 1050 g/mol. The summed E-state index contributed by atoms with van der Waals surface area (Å²) in [6, 6.07) is 22.9. The first-order valence-electron chi connectivity index (χ1n) is 22.9. The predicted molar refractivity (Wildman–Crippen MR) is 268 cm³/mol. The number of carbonyl (C=O) groups excluding carboxylic acids is 4. The van der Waals surface area contributed by atoms with E-state index in [0.717, 1.165) is 38.7 Å². The molecule has 3 atom stereocenters. The standard InChI is InChI=1S/C52H52F5N7O7S2/c1-30-43(73-29-60-30)34-9-7-31(8-10-34)24-59-45(67)41-22-38(65)25-62(41)46(68)44(49(2,3)4)61-42(66)26-70-27-51(53,54)28-71-39-19-14-33(15-20-39)32-11-16-36(17-12-32)64-48(72)63(47(69)50(64,5)6)37-18-13-35(23-58)40(21-37)52(55,56)57/h7-21,29,38,41,44,65H,22,24-28H2,1-6H3,(H,59,67)(H,61,66)/t38-,41+,44-/m1/s1. The summed E-state index contributed by atoms with van der Waals surface area (Å²) in [4.78, 5) is 63.2. The van der Waals surface area contributed by atoms with E-state index in [1.807, 2.05) is 31.2 Å². The molecule has 2 saturated heterocycles. The molecule has 7 rings (SSSR count). The number of nitriles is 1. The fourth-order valence-corrected chi connectivity index (χ4v) is 9.85. The number of hydrogen-bond acceptors (Lipinski definition) is 11. The fraction of sp³-hybridized carbons (Fsp3) is 0.365. The van der Waals surface area contributed by atoms with Gasteiger partial charge in [0.1, 0.15) is 36.6 Å². The number of rotatable bonds is 16. The highest BCUT2D eigenvalue weighted by Crippen LogP contribution is 2.40. The van der Waals surface area contributed by atoms with Crippen LogP contribution in [-0.4, -0.2) is 99.7 Å². The Kier molecular flexibility index (Phi) is 15.7. The van der Waals surface area contributed by atoms with Crippen LogP contribution in [0.1, 0.15) is 63.4 Å². The minimum Gasteiger partial charge on any atom is -0.487 e. The van der Waals surface area contributed by atoms with Crippen LogP contribution < -0.4 is 25.2 Å². The van der Waals surface area contributed by atoms with Crippen LogP contribution in [0.15, 0.2) is 96.5 Å². The number of β-amino-alcohol motifs (C(OH)–C–C–N with tert-alkyl or cyclic N) is 1. The fourth-order valence-electron chi connectivity index (χ4n) is 8.51. The Morgan fingerprint density at radius 2 is 1.55 bits per heavy atom. The summed E-state index contributed by atoms with van der Waals surface area (Å²) in [6.45, 7) is 7.10. The monoisotopic (exact) mass is 1050 g/mol. The molecule has 4 aromatic carbocycles. The molecule has 0 radical (unpaired) electrons. The van der Waals surface area contributed by atoms with Gasteiger partial charge in [0.2, 0.25) is 17.7 Å². The van der Waals surface area contributed by atoms with Crippen molar-refractivity contribution in [1.29, 1.82) is 5.26 Å². The average Bonchev–Trinajstić information content (AvgIpc) is 4.00. The summed E-state index contributed by atoms with van der Waals surface area (Å²) >= 11 is 7.16. The third-order valence-electron chi connectivity index (χ3n) is 12.4. The lowest BCUT2D eigenvalue weighted by Gasteiger charge is -2.35. The number of aromatic nitrogens is 1. The molecule has 2 fully saturated rings. The van der Waals surface area contributed by atoms with Crippen LogP contribution in [-0.2, 0) is 36.6 Å². The maximum Gasteiger partial charge on any atom is 0.417 e. The number of anilines is 2. The van der Waals surface area contributed by atoms with E-state index in [-0.39, 0.29) is 36.1 Å². The molecule has 0 spiro atoms. The lowest BCUT2D eigenvalue weighted by Crippen LogP contribution is -2.58. The Hall–Kier alpha value is -6.86. The second kappa shape index (κ2) is 21.3. The van der Waals surface area contributed by atoms with Gasteiger partial charge in [0, 0.05) is 25.2 Å². The van der Waals surface area contributed by atoms with E-state index in [1.54, 1.807) is 76.5 Å². The third-order valence-corrected chi connectivity index (χ3v) is 13.7. The molecular formula is C52H52F5N7O7S2. The molecule has 1 aromatic heterocycles. The summed E-state index contributed by atoms with van der Waals surface area (Å²) < 4.78 is 81.8. The number of ether oxygens (including phenoxy) is 2. The molecule has 21 heteroatoms. The van der Waals surface area contributed by atoms with E-state index in [2.05, 4.69) is 15.6 Å². The maximum atomic E-state index is 15.0. The number of carbonyl (C=O) groups is 4. The highest BCUT2D eigenvalue weighted by molar-refractivity contribution is 7.81. The number of amides is 4. The molecule has 0 unspecified atom stereocenters. The number of nitrogens with one attached hydrogen (secondary N) is 2. The number of aryl methyl sites for hydroxylation is 1. The predicted octanol–water partition coefficient (Wildman–Crippen LogP) is 8.43. The lowest BCUT2D eigenvalue weighted by atomic mass is 9.85. The normalized spacial score (nSPS) is 17.4. The number of nitrogens with zero attached hydrogens (tertiary/aromatic N) is 5. The van der Waals surface area contributed by atoms with Crippen molar-refractivity contribution in [3.63, 3.8) is 0 Å². The molecule has 0 aliphatic carbocycles. The zero-order valence-corrected chi connectivity index (χ0v) is 42.2. The third kappa shape index (κ3) is 12.2. The topological polar surface area (TPSA) is 177 Å². The van der Waals surface area contributed by atoms with Gasteiger partial charge in [-0.15, -0.1) is 11.3 Å². The van der Waals surface area contributed by atoms with Gasteiger partial charge in [-0.3, -0.25) is 24.1 Å². The number of alkyl halides is 5. The summed E-state index contributed by atoms with van der Waals surface area (Å²) in [6.07, 6.45) is -5.85. The van der Waals surface area contributed by atoms with Gasteiger partial charge in [0.05, 0.1) is 45.1 Å². The van der Waals surface area contributed by atoms with Crippen molar-refractivity contribution < 1.29 is 55.7 Å². The quantitative estimate of drug-likeness (QED) is 0.0639. The molecule has 2 aliphatic heterocycles. The number of halogens is 5. The Morgan fingerprint density at radius 3 is 2.14 bits per heavy atom. The van der Waals surface area contributed by atoms with Crippen LogP contribution in [0.2, 0.25) is 0 Å². The van der Waals surface area contributed by atoms with E-state index in [4.69, 9.17) is 21.7 Å². The van der Waals surface area contributed by atoms with Gasteiger partial charge in [-0.2, -0.15) is 18.4 Å². The van der Waals surface area contributed by atoms with Gasteiger partial charge in [-0.1, -0.05) is 69.3 Å². The first kappa shape index (κ1) is 53.9. The van der Waals surface area contributed by atoms with Gasteiger partial charge < -0.3 is 35.0 Å². The molecule has 14 nitrogen and oxygen atoms in total. The van der Waals surface area contributed by atoms with Gasteiger partial charge >= 0.3 is 12.1 Å². The maximum absolute atomic E-state index is 15.0. The van der Waals surface area contributed by atoms with E-state index >= 15 is 0 Å². The first-order valence-corrected chi connectivity index (χ1v) is 24.2. The Labute approximate surface area is 427 Å². The van der Waals surface area contributed by atoms with Crippen molar-refractivity contribution in [2.24, 2.45) is 5.41 Å². The Morgan fingerprint density at radius 1 is 0.932 bits per heavy atom. The van der Waals surface area contributed by atoms with Crippen LogP contribution >= 0.6 is 23.6 Å². The van der Waals surface area contributed by atoms with Gasteiger partial charge in [0.15, 0.2) is 11.7 Å². The minimum atomic E-state index is -4.85. The summed E-state index contributed by atoms with van der Waals surface area (Å²) in [5.74, 6) is -5.96. The van der Waals surface area contributed by atoms with E-state index in [9.17, 15) is 51.5 Å². The van der Waals surface area contributed by atoms with Crippen molar-refractivity contribution >= 4 is 63.7 Å². The summed E-state index contributed by atoms with van der Waals surface area (Å²) in [7, 11) is 0. The van der Waals surface area contributed by atoms with Gasteiger partial charge in [-0.25, -0.2) is 13.8 Å². The smallest absolute Gasteiger partial charge is 0.417 e. The molecule has 5 aromatic rings. The second-order valence-electron chi connectivity index (χ2n) is 19.3. The Bertz CT molecular complexity index is 2920. The zero-order chi connectivity index (χ0) is 53.2. The van der Waals surface area contributed by atoms with E-state index in [1.165, 1.54) is 45.4 Å². The van der Waals surface area contributed by atoms with Crippen molar-refractivity contribution in [1.82, 2.24) is 20.5 Å². The number of aliphatic hydroxyl groups is 1. The van der Waals surface area contributed by atoms with Crippen molar-refractivity contribution in [3.8, 4) is 33.4 Å². The number of aliphatic hydroxyl groups excluding tert-OH is 1. The summed E-state index contributed by atoms with van der Waals surface area (Å²) in [5.41, 5.74) is 2.21. The SMILES string of the molecule is Cc1ncsc1-c1ccc(CNC(=O)[C@@H]2C[C@@H](O)CN2C(=O)[C@@H](NC(=O)COCC(F)(F)COc2ccc(-c3ccc(N4C(=S)N(c5ccc(C#N)c(C(F)(F)F)c5)C(=O)C4(C)C)cc3)cc2)C(C)(C)C)cc1. The molecule has 3 heterocycles. The van der Waals surface area contributed by atoms with Gasteiger partial charge in [0.25, 0.3) is 5.91 Å². The van der Waals surface area contributed by atoms with Crippen LogP contribution in [0, 0.1) is 23.7 Å². The van der Waals surface area contributed by atoms with Crippen molar-refractivity contribution in [2.75, 3.05) is 36.2 Å². The zero-order valence-electron chi connectivity index (χ0n) is 40.6. The lowest BCUT2D eigenvalue weighted by molar-refractivity contribution is -0.146. The second-order valence-corrected chi connectivity index (χ2v) is 20.5. The highest BCUT2D eigenvalue weighted by Gasteiger charge is 2.51. The summed E-state index contributed by atoms with van der Waals surface area (Å²) in [5, 5.41) is 25.1. The minimum absolute atomic E-state index is 0.0163. The number of likely N-dealkylation sites (tertiary alicyclic amines) is 1. The molecular weight excluding hydrogens is 994 g/mol. The molecule has 2 aliphatic rings. The van der Waals surface area contributed by atoms with Crippen molar-refractivity contribution in [2.45, 2.75) is 90.3 Å². The number of thiazole rings is 1. The van der Waals surface area contributed by atoms with Crippen LogP contribution in [0.5, 0.6) is 5.75 Å². The molecule has 3 N–H and O–H groups in total. The molecule has 0 saturated carbocycles. The number of benzene rings is 4. The van der Waals surface area contributed by atoms with E-state index < -0.39 is 95.8 Å². The molecule has 0 bridgehead atoms. The first-order chi connectivity index (χ1) is 34.3. The van der Waals surface area contributed by atoms with Crippen LogP contribution in [0.25, 0.3) is 21.6 Å². The van der Waals surface area contributed by atoms with Crippen LogP contribution in [0.4, 0.5) is 33.3 Å². The molecule has 73 heavy (non-hydrogen) atoms. The van der Waals surface area contributed by atoms with Crippen LogP contribution in [0.3, 0.4) is 0 Å². The molecule has 4 amide bonds. The van der Waals surface area contributed by atoms with E-state index in [0.29, 0.717) is 16.8 Å². The highest BCUT2D eigenvalue weighted by atomic mass is 32.1. The van der Waals surface area contributed by atoms with Crippen molar-refractivity contribution in [3.05, 3.63) is 119 Å². The largest absolute Gasteiger partial charge is 0.487 e. The number of hydrogen-bond donors (Lipinski definition) is 3.